The molecule has 0 spiro atoms. The van der Waals surface area contributed by atoms with E-state index in [1.807, 2.05) is 25.2 Å². The van der Waals surface area contributed by atoms with Crippen LogP contribution >= 0.6 is 0 Å². The molecule has 1 aromatic carbocycles. The lowest BCUT2D eigenvalue weighted by Crippen LogP contribution is -2.16. The molecule has 2 rings (SSSR count). The average molecular weight is 231 g/mol. The molecule has 17 heavy (non-hydrogen) atoms. The molecular weight excluding hydrogens is 214 g/mol. The van der Waals surface area contributed by atoms with Crippen LogP contribution in [0.15, 0.2) is 34.9 Å². The van der Waals surface area contributed by atoms with Crippen molar-refractivity contribution in [2.75, 3.05) is 11.9 Å². The fraction of sp³-hybridized carbons (Fsp3) is 0.385. The quantitative estimate of drug-likeness (QED) is 0.793. The zero-order chi connectivity index (χ0) is 12.1. The van der Waals surface area contributed by atoms with Crippen molar-refractivity contribution in [1.82, 2.24) is 10.1 Å². The van der Waals surface area contributed by atoms with Gasteiger partial charge in [-0.3, -0.25) is 0 Å². The molecular formula is C13H17N3O. The van der Waals surface area contributed by atoms with Crippen molar-refractivity contribution in [2.24, 2.45) is 0 Å². The van der Waals surface area contributed by atoms with Gasteiger partial charge >= 0.3 is 0 Å². The summed E-state index contributed by atoms with van der Waals surface area (Å²) in [5, 5.41) is 3.94. The second-order valence-electron chi connectivity index (χ2n) is 4.05. The number of hydrogen-bond acceptors (Lipinski definition) is 4. The van der Waals surface area contributed by atoms with Crippen molar-refractivity contribution in [1.29, 1.82) is 0 Å². The molecule has 0 amide bonds. The van der Waals surface area contributed by atoms with Crippen molar-refractivity contribution >= 4 is 5.69 Å². The number of anilines is 1. The van der Waals surface area contributed by atoms with Crippen LogP contribution in [-0.2, 0) is 13.0 Å². The zero-order valence-corrected chi connectivity index (χ0v) is 10.3. The van der Waals surface area contributed by atoms with Gasteiger partial charge in [0.2, 0.25) is 5.89 Å². The van der Waals surface area contributed by atoms with Gasteiger partial charge < -0.3 is 9.42 Å². The van der Waals surface area contributed by atoms with Crippen molar-refractivity contribution in [3.05, 3.63) is 42.0 Å². The summed E-state index contributed by atoms with van der Waals surface area (Å²) < 4.78 is 5.21. The number of rotatable bonds is 5. The Morgan fingerprint density at radius 2 is 2.00 bits per heavy atom. The van der Waals surface area contributed by atoms with E-state index in [4.69, 9.17) is 4.52 Å². The molecule has 0 saturated heterocycles. The molecule has 0 aliphatic rings. The van der Waals surface area contributed by atoms with Crippen LogP contribution in [-0.4, -0.2) is 17.2 Å². The molecule has 0 unspecified atom stereocenters. The van der Waals surface area contributed by atoms with Gasteiger partial charge in [0, 0.05) is 19.2 Å². The van der Waals surface area contributed by atoms with E-state index < -0.39 is 0 Å². The summed E-state index contributed by atoms with van der Waals surface area (Å²) in [6.45, 7) is 2.74. The van der Waals surface area contributed by atoms with Crippen LogP contribution in [0.4, 0.5) is 5.69 Å². The van der Waals surface area contributed by atoms with Crippen LogP contribution in [0, 0.1) is 0 Å². The normalized spacial score (nSPS) is 10.5. The Morgan fingerprint density at radius 1 is 1.24 bits per heavy atom. The van der Waals surface area contributed by atoms with Gasteiger partial charge in [-0.25, -0.2) is 0 Å². The highest BCUT2D eigenvalue weighted by molar-refractivity contribution is 5.44. The molecule has 90 valence electrons. The highest BCUT2D eigenvalue weighted by Crippen LogP contribution is 2.13. The SMILES string of the molecule is CCCc1noc(CN(C)c2ccccc2)n1. The zero-order valence-electron chi connectivity index (χ0n) is 10.3. The van der Waals surface area contributed by atoms with Gasteiger partial charge in [0.25, 0.3) is 0 Å². The Bertz CT molecular complexity index is 453. The van der Waals surface area contributed by atoms with E-state index in [0.29, 0.717) is 12.4 Å². The summed E-state index contributed by atoms with van der Waals surface area (Å²) in [5.41, 5.74) is 1.14. The summed E-state index contributed by atoms with van der Waals surface area (Å²) in [4.78, 5) is 6.43. The Morgan fingerprint density at radius 3 is 2.71 bits per heavy atom. The summed E-state index contributed by atoms with van der Waals surface area (Å²) >= 11 is 0. The van der Waals surface area contributed by atoms with Gasteiger partial charge in [0.05, 0.1) is 6.54 Å². The first kappa shape index (κ1) is 11.6. The number of hydrogen-bond donors (Lipinski definition) is 0. The molecule has 4 heteroatoms. The first-order chi connectivity index (χ1) is 8.29. The van der Waals surface area contributed by atoms with E-state index >= 15 is 0 Å². The largest absolute Gasteiger partial charge is 0.365 e. The Labute approximate surface area is 101 Å². The van der Waals surface area contributed by atoms with Crippen LogP contribution in [0.2, 0.25) is 0 Å². The molecule has 1 heterocycles. The number of nitrogens with zero attached hydrogens (tertiary/aromatic N) is 3. The molecule has 0 saturated carbocycles. The lowest BCUT2D eigenvalue weighted by Gasteiger charge is -2.16. The van der Waals surface area contributed by atoms with Gasteiger partial charge in [-0.2, -0.15) is 4.98 Å². The first-order valence-corrected chi connectivity index (χ1v) is 5.87. The van der Waals surface area contributed by atoms with E-state index in [-0.39, 0.29) is 0 Å². The molecule has 0 bridgehead atoms. The Balaban J connectivity index is 2.00. The molecule has 2 aromatic rings. The predicted molar refractivity (Wildman–Crippen MR) is 66.8 cm³/mol. The van der Waals surface area contributed by atoms with Crippen molar-refractivity contribution in [3.8, 4) is 0 Å². The summed E-state index contributed by atoms with van der Waals surface area (Å²) in [7, 11) is 2.01. The highest BCUT2D eigenvalue weighted by atomic mass is 16.5. The maximum absolute atomic E-state index is 5.21. The van der Waals surface area contributed by atoms with Crippen LogP contribution in [0.5, 0.6) is 0 Å². The number of benzene rings is 1. The van der Waals surface area contributed by atoms with Gasteiger partial charge in [-0.15, -0.1) is 0 Å². The first-order valence-electron chi connectivity index (χ1n) is 5.87. The highest BCUT2D eigenvalue weighted by Gasteiger charge is 2.08. The van der Waals surface area contributed by atoms with E-state index in [9.17, 15) is 0 Å². The van der Waals surface area contributed by atoms with E-state index in [0.717, 1.165) is 24.4 Å². The topological polar surface area (TPSA) is 42.2 Å². The standard InChI is InChI=1S/C13H17N3O/c1-3-7-12-14-13(17-15-12)10-16(2)11-8-5-4-6-9-11/h4-6,8-9H,3,7,10H2,1-2H3. The predicted octanol–water partition coefficient (Wildman–Crippen LogP) is 2.66. The smallest absolute Gasteiger partial charge is 0.246 e. The minimum Gasteiger partial charge on any atom is -0.365 e. The van der Waals surface area contributed by atoms with Crippen LogP contribution < -0.4 is 4.90 Å². The third-order valence-corrected chi connectivity index (χ3v) is 2.55. The van der Waals surface area contributed by atoms with E-state index in [1.54, 1.807) is 0 Å². The summed E-state index contributed by atoms with van der Waals surface area (Å²) in [5.74, 6) is 1.46. The van der Waals surface area contributed by atoms with E-state index in [1.165, 1.54) is 0 Å². The molecule has 1 aromatic heterocycles. The molecule has 0 radical (unpaired) electrons. The van der Waals surface area contributed by atoms with Gasteiger partial charge in [0.15, 0.2) is 5.82 Å². The van der Waals surface area contributed by atoms with Gasteiger partial charge in [0.1, 0.15) is 0 Å². The Kier molecular flexibility index (Phi) is 3.75. The maximum atomic E-state index is 5.21. The average Bonchev–Trinajstić information content (AvgIpc) is 2.78. The number of aryl methyl sites for hydroxylation is 1. The molecule has 0 N–H and O–H groups in total. The Hall–Kier alpha value is -1.84. The fourth-order valence-electron chi connectivity index (χ4n) is 1.66. The van der Waals surface area contributed by atoms with Crippen LogP contribution in [0.25, 0.3) is 0 Å². The molecule has 0 aliphatic carbocycles. The van der Waals surface area contributed by atoms with E-state index in [2.05, 4.69) is 34.1 Å². The fourth-order valence-corrected chi connectivity index (χ4v) is 1.66. The molecule has 0 aliphatic heterocycles. The third-order valence-electron chi connectivity index (χ3n) is 2.55. The van der Waals surface area contributed by atoms with Gasteiger partial charge in [-0.05, 0) is 18.6 Å². The molecule has 4 nitrogen and oxygen atoms in total. The molecule has 0 atom stereocenters. The van der Waals surface area contributed by atoms with Gasteiger partial charge in [-0.1, -0.05) is 30.3 Å². The van der Waals surface area contributed by atoms with Crippen LogP contribution in [0.3, 0.4) is 0 Å². The third kappa shape index (κ3) is 3.06. The minimum absolute atomic E-state index is 0.640. The summed E-state index contributed by atoms with van der Waals surface area (Å²) in [6, 6.07) is 10.2. The maximum Gasteiger partial charge on any atom is 0.246 e. The summed E-state index contributed by atoms with van der Waals surface area (Å²) in [6.07, 6.45) is 1.91. The lowest BCUT2D eigenvalue weighted by molar-refractivity contribution is 0.372. The molecule has 0 fully saturated rings. The van der Waals surface area contributed by atoms with Crippen LogP contribution in [0.1, 0.15) is 25.1 Å². The number of para-hydroxylation sites is 1. The second-order valence-corrected chi connectivity index (χ2v) is 4.05. The minimum atomic E-state index is 0.640. The second kappa shape index (κ2) is 5.48. The monoisotopic (exact) mass is 231 g/mol. The number of aromatic nitrogens is 2. The van der Waals surface area contributed by atoms with Crippen molar-refractivity contribution in [3.63, 3.8) is 0 Å². The van der Waals surface area contributed by atoms with Crippen molar-refractivity contribution in [2.45, 2.75) is 26.3 Å². The van der Waals surface area contributed by atoms with Crippen molar-refractivity contribution < 1.29 is 4.52 Å². The lowest BCUT2D eigenvalue weighted by atomic mass is 10.3.